The summed E-state index contributed by atoms with van der Waals surface area (Å²) < 4.78 is 7.65. The van der Waals surface area contributed by atoms with Crippen molar-refractivity contribution >= 4 is 34.8 Å². The van der Waals surface area contributed by atoms with Crippen molar-refractivity contribution in [3.05, 3.63) is 40.9 Å². The molecule has 0 radical (unpaired) electrons. The van der Waals surface area contributed by atoms with Crippen molar-refractivity contribution in [3.63, 3.8) is 0 Å². The van der Waals surface area contributed by atoms with Gasteiger partial charge in [-0.05, 0) is 23.6 Å². The van der Waals surface area contributed by atoms with Crippen LogP contribution in [-0.4, -0.2) is 20.6 Å². The molecule has 2 rings (SSSR count). The summed E-state index contributed by atoms with van der Waals surface area (Å²) in [5.41, 5.74) is -0.114. The summed E-state index contributed by atoms with van der Waals surface area (Å²) >= 11 is 18.1. The highest BCUT2D eigenvalue weighted by molar-refractivity contribution is 6.35. The van der Waals surface area contributed by atoms with Crippen LogP contribution >= 0.6 is 34.8 Å². The van der Waals surface area contributed by atoms with Crippen LogP contribution in [0.3, 0.4) is 0 Å². The van der Waals surface area contributed by atoms with Gasteiger partial charge in [0.25, 0.3) is 0 Å². The number of nitrogens with zero attached hydrogens (tertiary/aromatic N) is 3. The van der Waals surface area contributed by atoms with E-state index in [1.807, 2.05) is 0 Å². The Labute approximate surface area is 139 Å². The van der Waals surface area contributed by atoms with Crippen LogP contribution in [0.25, 0.3) is 0 Å². The fraction of sp³-hybridized carbons (Fsp3) is 0.429. The Balaban J connectivity index is 2.24. The third-order valence-electron chi connectivity index (χ3n) is 2.98. The normalized spacial score (nSPS) is 13.2. The highest BCUT2D eigenvalue weighted by atomic mass is 35.5. The lowest BCUT2D eigenvalue weighted by Crippen LogP contribution is -2.25. The Morgan fingerprint density at radius 2 is 2.10 bits per heavy atom. The molecular formula is C14H16Cl3N3O. The van der Waals surface area contributed by atoms with Crippen LogP contribution in [0.15, 0.2) is 30.9 Å². The van der Waals surface area contributed by atoms with Gasteiger partial charge in [-0.25, -0.2) is 9.67 Å². The fourth-order valence-corrected chi connectivity index (χ4v) is 2.36. The molecule has 0 saturated carbocycles. The molecule has 0 amide bonds. The third kappa shape index (κ3) is 4.50. The molecule has 0 bridgehead atoms. The summed E-state index contributed by atoms with van der Waals surface area (Å²) in [5.74, 6) is 1.06. The van der Waals surface area contributed by atoms with E-state index in [-0.39, 0.29) is 11.6 Å². The van der Waals surface area contributed by atoms with E-state index in [0.29, 0.717) is 28.1 Å². The minimum absolute atomic E-state index is 0.114. The first-order chi connectivity index (χ1) is 9.91. The molecule has 7 heteroatoms. The highest BCUT2D eigenvalue weighted by Crippen LogP contribution is 2.34. The van der Waals surface area contributed by atoms with Crippen molar-refractivity contribution in [2.24, 2.45) is 5.41 Å². The lowest BCUT2D eigenvalue weighted by atomic mass is 9.91. The van der Waals surface area contributed by atoms with Crippen LogP contribution in [-0.2, 0) is 0 Å². The molecule has 0 spiro atoms. The predicted octanol–water partition coefficient (Wildman–Crippen LogP) is 4.82. The second-order valence-corrected chi connectivity index (χ2v) is 6.64. The van der Waals surface area contributed by atoms with Gasteiger partial charge in [0.2, 0.25) is 0 Å². The summed E-state index contributed by atoms with van der Waals surface area (Å²) in [6, 6.07) is 5.11. The molecule has 0 fully saturated rings. The maximum absolute atomic E-state index is 6.16. The number of aromatic nitrogens is 3. The van der Waals surface area contributed by atoms with Gasteiger partial charge in [0, 0.05) is 17.3 Å². The standard InChI is InChI=1S/C14H16Cl3N3O/c1-14(2,7-15)6-13(20-9-18-8-19-20)21-12-4-3-10(16)5-11(12)17/h3-5,8-9,13H,6-7H2,1-2H3. The number of rotatable bonds is 6. The maximum atomic E-state index is 6.16. The first-order valence-corrected chi connectivity index (χ1v) is 7.72. The van der Waals surface area contributed by atoms with Gasteiger partial charge >= 0.3 is 0 Å². The zero-order chi connectivity index (χ0) is 15.5. The van der Waals surface area contributed by atoms with E-state index in [1.165, 1.54) is 6.33 Å². The second kappa shape index (κ2) is 6.86. The first kappa shape index (κ1) is 16.4. The number of ether oxygens (including phenoxy) is 1. The number of alkyl halides is 1. The van der Waals surface area contributed by atoms with Gasteiger partial charge in [-0.1, -0.05) is 37.0 Å². The molecule has 0 N–H and O–H groups in total. The smallest absolute Gasteiger partial charge is 0.193 e. The van der Waals surface area contributed by atoms with Crippen molar-refractivity contribution in [1.82, 2.24) is 14.8 Å². The lowest BCUT2D eigenvalue weighted by molar-refractivity contribution is 0.0727. The third-order valence-corrected chi connectivity index (χ3v) is 4.23. The highest BCUT2D eigenvalue weighted by Gasteiger charge is 2.26. The molecule has 114 valence electrons. The number of hydrogen-bond acceptors (Lipinski definition) is 3. The van der Waals surface area contributed by atoms with Gasteiger partial charge in [-0.15, -0.1) is 11.6 Å². The number of hydrogen-bond donors (Lipinski definition) is 0. The molecule has 2 aromatic rings. The second-order valence-electron chi connectivity index (χ2n) is 5.52. The molecule has 21 heavy (non-hydrogen) atoms. The summed E-state index contributed by atoms with van der Waals surface area (Å²) in [7, 11) is 0. The largest absolute Gasteiger partial charge is 0.467 e. The van der Waals surface area contributed by atoms with Crippen molar-refractivity contribution in [1.29, 1.82) is 0 Å². The molecule has 1 heterocycles. The van der Waals surface area contributed by atoms with Crippen molar-refractivity contribution < 1.29 is 4.74 Å². The average Bonchev–Trinajstić information content (AvgIpc) is 2.95. The van der Waals surface area contributed by atoms with Crippen LogP contribution in [0.1, 0.15) is 26.5 Å². The summed E-state index contributed by atoms with van der Waals surface area (Å²) in [4.78, 5) is 3.96. The first-order valence-electron chi connectivity index (χ1n) is 6.43. The van der Waals surface area contributed by atoms with Crippen molar-refractivity contribution in [3.8, 4) is 5.75 Å². The SMILES string of the molecule is CC(C)(CCl)CC(Oc1ccc(Cl)cc1Cl)n1cncn1. The van der Waals surface area contributed by atoms with E-state index >= 15 is 0 Å². The Morgan fingerprint density at radius 3 is 2.67 bits per heavy atom. The monoisotopic (exact) mass is 347 g/mol. The average molecular weight is 349 g/mol. The van der Waals surface area contributed by atoms with E-state index in [2.05, 4.69) is 23.9 Å². The van der Waals surface area contributed by atoms with E-state index in [9.17, 15) is 0 Å². The maximum Gasteiger partial charge on any atom is 0.193 e. The number of benzene rings is 1. The topological polar surface area (TPSA) is 39.9 Å². The van der Waals surface area contributed by atoms with Crippen LogP contribution in [0.5, 0.6) is 5.75 Å². The van der Waals surface area contributed by atoms with E-state index in [4.69, 9.17) is 39.5 Å². The molecule has 4 nitrogen and oxygen atoms in total. The Kier molecular flexibility index (Phi) is 5.36. The fourth-order valence-electron chi connectivity index (χ4n) is 1.80. The Hall–Kier alpha value is -0.970. The van der Waals surface area contributed by atoms with Gasteiger partial charge in [-0.3, -0.25) is 0 Å². The molecule has 1 atom stereocenters. The van der Waals surface area contributed by atoms with Crippen molar-refractivity contribution in [2.75, 3.05) is 5.88 Å². The summed E-state index contributed by atoms with van der Waals surface area (Å²) in [5, 5.41) is 5.16. The van der Waals surface area contributed by atoms with Gasteiger partial charge in [0.1, 0.15) is 18.4 Å². The van der Waals surface area contributed by atoms with Crippen LogP contribution in [0, 0.1) is 5.41 Å². The number of halogens is 3. The molecule has 0 aliphatic carbocycles. The van der Waals surface area contributed by atoms with Crippen molar-refractivity contribution in [2.45, 2.75) is 26.5 Å². The molecule has 1 aromatic heterocycles. The Bertz CT molecular complexity index is 587. The molecule has 0 aliphatic heterocycles. The minimum Gasteiger partial charge on any atom is -0.467 e. The van der Waals surface area contributed by atoms with Crippen LogP contribution < -0.4 is 4.74 Å². The molecule has 1 aromatic carbocycles. The van der Waals surface area contributed by atoms with Gasteiger partial charge in [0.15, 0.2) is 6.23 Å². The predicted molar refractivity (Wildman–Crippen MR) is 85.3 cm³/mol. The quantitative estimate of drug-likeness (QED) is 0.703. The molecule has 0 aliphatic rings. The zero-order valence-corrected chi connectivity index (χ0v) is 14.0. The van der Waals surface area contributed by atoms with E-state index < -0.39 is 0 Å². The van der Waals surface area contributed by atoms with E-state index in [1.54, 1.807) is 29.2 Å². The zero-order valence-electron chi connectivity index (χ0n) is 11.8. The van der Waals surface area contributed by atoms with Gasteiger partial charge < -0.3 is 4.74 Å². The van der Waals surface area contributed by atoms with Gasteiger partial charge in [-0.2, -0.15) is 5.10 Å². The van der Waals surface area contributed by atoms with Crippen LogP contribution in [0.2, 0.25) is 10.0 Å². The summed E-state index contributed by atoms with van der Waals surface area (Å²) in [6.07, 6.45) is 3.39. The summed E-state index contributed by atoms with van der Waals surface area (Å²) in [6.45, 7) is 4.13. The molecule has 1 unspecified atom stereocenters. The van der Waals surface area contributed by atoms with Gasteiger partial charge in [0.05, 0.1) is 5.02 Å². The lowest BCUT2D eigenvalue weighted by Gasteiger charge is -2.28. The van der Waals surface area contributed by atoms with E-state index in [0.717, 1.165) is 0 Å². The van der Waals surface area contributed by atoms with Crippen LogP contribution in [0.4, 0.5) is 0 Å². The molecular weight excluding hydrogens is 333 g/mol. The minimum atomic E-state index is -0.347. The molecule has 0 saturated heterocycles. The Morgan fingerprint density at radius 1 is 1.33 bits per heavy atom.